The average Bonchev–Trinajstić information content (AvgIpc) is 3.13. The van der Waals surface area contributed by atoms with Gasteiger partial charge in [0.05, 0.1) is 23.4 Å². The van der Waals surface area contributed by atoms with Crippen LogP contribution in [0.4, 0.5) is 5.69 Å². The summed E-state index contributed by atoms with van der Waals surface area (Å²) in [7, 11) is -2.18. The maximum absolute atomic E-state index is 12.7. The molecular weight excluding hydrogens is 348 g/mol. The Balaban J connectivity index is 1.93. The van der Waals surface area contributed by atoms with Crippen molar-refractivity contribution in [1.82, 2.24) is 5.16 Å². The van der Waals surface area contributed by atoms with Gasteiger partial charge in [-0.1, -0.05) is 11.2 Å². The maximum atomic E-state index is 12.7. The third-order valence-electron chi connectivity index (χ3n) is 3.35. The summed E-state index contributed by atoms with van der Waals surface area (Å²) >= 11 is 1.35. The van der Waals surface area contributed by atoms with Gasteiger partial charge in [-0.3, -0.25) is 4.72 Å². The van der Waals surface area contributed by atoms with E-state index >= 15 is 0 Å². The van der Waals surface area contributed by atoms with Crippen molar-refractivity contribution >= 4 is 27.0 Å². The second-order valence-corrected chi connectivity index (χ2v) is 8.11. The molecule has 0 bridgehead atoms. The lowest BCUT2D eigenvalue weighted by molar-refractivity contribution is 0.415. The van der Waals surface area contributed by atoms with Crippen molar-refractivity contribution < 1.29 is 17.7 Å². The Kier molecular flexibility index (Phi) is 4.33. The molecule has 1 aromatic carbocycles. The van der Waals surface area contributed by atoms with Crippen LogP contribution in [0.1, 0.15) is 10.6 Å². The summed E-state index contributed by atoms with van der Waals surface area (Å²) in [4.78, 5) is 1.62. The van der Waals surface area contributed by atoms with Gasteiger partial charge in [-0.05, 0) is 32.0 Å². The molecule has 0 saturated carbocycles. The molecule has 0 aliphatic carbocycles. The molecule has 0 amide bonds. The number of sulfonamides is 1. The minimum absolute atomic E-state index is 0.222. The first-order valence-electron chi connectivity index (χ1n) is 7.10. The molecule has 0 spiro atoms. The highest BCUT2D eigenvalue weighted by Crippen LogP contribution is 2.34. The van der Waals surface area contributed by atoms with Crippen LogP contribution in [0, 0.1) is 13.8 Å². The highest BCUT2D eigenvalue weighted by molar-refractivity contribution is 7.93. The number of hydrogen-bond donors (Lipinski definition) is 1. The SMILES string of the molecule is COc1cccc(NS(=O)(=O)c2cc(-c3cc(C)no3)sc2C)c1. The fourth-order valence-electron chi connectivity index (χ4n) is 2.23. The predicted molar refractivity (Wildman–Crippen MR) is 93.1 cm³/mol. The molecule has 0 aliphatic rings. The molecule has 1 N–H and O–H groups in total. The Morgan fingerprint density at radius 2 is 2.00 bits per heavy atom. The number of nitrogens with one attached hydrogen (secondary N) is 1. The molecular formula is C16H16N2O4S2. The first-order valence-corrected chi connectivity index (χ1v) is 9.40. The van der Waals surface area contributed by atoms with Gasteiger partial charge in [0.1, 0.15) is 10.6 Å². The number of ether oxygens (including phenoxy) is 1. The highest BCUT2D eigenvalue weighted by Gasteiger charge is 2.22. The topological polar surface area (TPSA) is 81.4 Å². The molecule has 2 aromatic heterocycles. The van der Waals surface area contributed by atoms with E-state index < -0.39 is 10.0 Å². The summed E-state index contributed by atoms with van der Waals surface area (Å²) in [5.41, 5.74) is 1.19. The summed E-state index contributed by atoms with van der Waals surface area (Å²) in [5, 5.41) is 3.83. The Morgan fingerprint density at radius 1 is 1.21 bits per heavy atom. The fourth-order valence-corrected chi connectivity index (χ4v) is 4.82. The lowest BCUT2D eigenvalue weighted by Crippen LogP contribution is -2.13. The van der Waals surface area contributed by atoms with Gasteiger partial charge in [0.15, 0.2) is 5.76 Å². The second kappa shape index (κ2) is 6.29. The van der Waals surface area contributed by atoms with Crippen LogP contribution in [-0.4, -0.2) is 20.7 Å². The van der Waals surface area contributed by atoms with Crippen molar-refractivity contribution in [2.75, 3.05) is 11.8 Å². The van der Waals surface area contributed by atoms with Gasteiger partial charge in [0, 0.05) is 17.0 Å². The fraction of sp³-hybridized carbons (Fsp3) is 0.188. The van der Waals surface area contributed by atoms with E-state index in [2.05, 4.69) is 9.88 Å². The summed E-state index contributed by atoms with van der Waals surface area (Å²) < 4.78 is 38.3. The molecule has 0 aliphatic heterocycles. The van der Waals surface area contributed by atoms with E-state index in [9.17, 15) is 8.42 Å². The van der Waals surface area contributed by atoms with Crippen LogP contribution in [0.5, 0.6) is 5.75 Å². The van der Waals surface area contributed by atoms with Gasteiger partial charge in [-0.2, -0.15) is 0 Å². The highest BCUT2D eigenvalue weighted by atomic mass is 32.2. The molecule has 126 valence electrons. The molecule has 0 radical (unpaired) electrons. The van der Waals surface area contributed by atoms with E-state index in [-0.39, 0.29) is 4.90 Å². The number of nitrogens with zero attached hydrogens (tertiary/aromatic N) is 1. The molecule has 3 aromatic rings. The van der Waals surface area contributed by atoms with Crippen LogP contribution in [-0.2, 0) is 10.0 Å². The first-order chi connectivity index (χ1) is 11.4. The van der Waals surface area contributed by atoms with Gasteiger partial charge < -0.3 is 9.26 Å². The monoisotopic (exact) mass is 364 g/mol. The Morgan fingerprint density at radius 3 is 2.67 bits per heavy atom. The van der Waals surface area contributed by atoms with Crippen molar-refractivity contribution in [3.8, 4) is 16.4 Å². The molecule has 0 atom stereocenters. The number of anilines is 1. The molecule has 0 saturated heterocycles. The smallest absolute Gasteiger partial charge is 0.263 e. The summed E-state index contributed by atoms with van der Waals surface area (Å²) in [6.07, 6.45) is 0. The normalized spacial score (nSPS) is 11.5. The van der Waals surface area contributed by atoms with Crippen LogP contribution < -0.4 is 9.46 Å². The quantitative estimate of drug-likeness (QED) is 0.744. The number of hydrogen-bond acceptors (Lipinski definition) is 6. The third kappa shape index (κ3) is 3.29. The van der Waals surface area contributed by atoms with Crippen LogP contribution in [0.2, 0.25) is 0 Å². The summed E-state index contributed by atoms with van der Waals surface area (Å²) in [5.74, 6) is 1.14. The van der Waals surface area contributed by atoms with E-state index in [0.29, 0.717) is 22.1 Å². The minimum Gasteiger partial charge on any atom is -0.497 e. The lowest BCUT2D eigenvalue weighted by Gasteiger charge is -2.08. The Hall–Kier alpha value is -2.32. The maximum Gasteiger partial charge on any atom is 0.263 e. The van der Waals surface area contributed by atoms with Crippen molar-refractivity contribution in [1.29, 1.82) is 0 Å². The van der Waals surface area contributed by atoms with Gasteiger partial charge >= 0.3 is 0 Å². The number of aryl methyl sites for hydroxylation is 2. The second-order valence-electron chi connectivity index (χ2n) is 5.20. The molecule has 0 unspecified atom stereocenters. The van der Waals surface area contributed by atoms with E-state index in [0.717, 1.165) is 10.6 Å². The van der Waals surface area contributed by atoms with Crippen molar-refractivity contribution in [2.45, 2.75) is 18.7 Å². The van der Waals surface area contributed by atoms with Gasteiger partial charge in [-0.25, -0.2) is 8.42 Å². The predicted octanol–water partition coefficient (Wildman–Crippen LogP) is 3.83. The van der Waals surface area contributed by atoms with Crippen LogP contribution in [0.25, 0.3) is 10.6 Å². The summed E-state index contributed by atoms with van der Waals surface area (Å²) in [6.45, 7) is 3.58. The van der Waals surface area contributed by atoms with Gasteiger partial charge in [-0.15, -0.1) is 11.3 Å². The largest absolute Gasteiger partial charge is 0.497 e. The molecule has 6 nitrogen and oxygen atoms in total. The molecule has 0 fully saturated rings. The van der Waals surface area contributed by atoms with E-state index in [1.807, 2.05) is 6.92 Å². The summed E-state index contributed by atoms with van der Waals surface area (Å²) in [6, 6.07) is 10.1. The third-order valence-corrected chi connectivity index (χ3v) is 6.06. The zero-order valence-corrected chi connectivity index (χ0v) is 15.0. The number of methoxy groups -OCH3 is 1. The van der Waals surface area contributed by atoms with Gasteiger partial charge in [0.25, 0.3) is 10.0 Å². The molecule has 2 heterocycles. The standard InChI is InChI=1S/C16H16N2O4S2/c1-10-7-14(22-17-10)15-9-16(11(2)23-15)24(19,20)18-12-5-4-6-13(8-12)21-3/h4-9,18H,1-3H3. The number of benzene rings is 1. The van der Waals surface area contributed by atoms with Crippen molar-refractivity contribution in [2.24, 2.45) is 0 Å². The average molecular weight is 364 g/mol. The zero-order valence-electron chi connectivity index (χ0n) is 13.4. The van der Waals surface area contributed by atoms with Crippen LogP contribution in [0.15, 0.2) is 45.8 Å². The van der Waals surface area contributed by atoms with E-state index in [1.54, 1.807) is 43.3 Å². The van der Waals surface area contributed by atoms with E-state index in [4.69, 9.17) is 9.26 Å². The zero-order chi connectivity index (χ0) is 17.3. The minimum atomic E-state index is -3.71. The van der Waals surface area contributed by atoms with Crippen molar-refractivity contribution in [3.63, 3.8) is 0 Å². The van der Waals surface area contributed by atoms with Crippen LogP contribution >= 0.6 is 11.3 Å². The molecule has 8 heteroatoms. The molecule has 24 heavy (non-hydrogen) atoms. The Bertz CT molecular complexity index is 974. The lowest BCUT2D eigenvalue weighted by atomic mass is 10.3. The molecule has 3 rings (SSSR count). The van der Waals surface area contributed by atoms with Crippen LogP contribution in [0.3, 0.4) is 0 Å². The Labute approximate surface area is 144 Å². The first kappa shape index (κ1) is 16.5. The number of aromatic nitrogens is 1. The number of rotatable bonds is 5. The number of thiophene rings is 1. The van der Waals surface area contributed by atoms with E-state index in [1.165, 1.54) is 18.4 Å². The van der Waals surface area contributed by atoms with Crippen molar-refractivity contribution in [3.05, 3.63) is 47.0 Å². The van der Waals surface area contributed by atoms with Gasteiger partial charge in [0.2, 0.25) is 0 Å².